The Morgan fingerprint density at radius 1 is 0.933 bits per heavy atom. The Balaban J connectivity index is 1.52. The maximum atomic E-state index is 5.07. The van der Waals surface area contributed by atoms with Gasteiger partial charge in [-0.1, -0.05) is 51.1 Å². The number of likely N-dealkylation sites (tertiary alicyclic amines) is 1. The lowest BCUT2D eigenvalue weighted by Crippen LogP contribution is -2.24. The molecule has 1 unspecified atom stereocenters. The monoisotopic (exact) mass is 404 g/mol. The van der Waals surface area contributed by atoms with Gasteiger partial charge in [0.15, 0.2) is 5.82 Å². The van der Waals surface area contributed by atoms with Crippen molar-refractivity contribution in [2.24, 2.45) is 0 Å². The summed E-state index contributed by atoms with van der Waals surface area (Å²) in [6.07, 6.45) is 8.85. The summed E-state index contributed by atoms with van der Waals surface area (Å²) in [6, 6.07) is 10.6. The van der Waals surface area contributed by atoms with Gasteiger partial charge in [-0.3, -0.25) is 4.90 Å². The Morgan fingerprint density at radius 2 is 1.70 bits per heavy atom. The molecule has 158 valence electrons. The van der Waals surface area contributed by atoms with Gasteiger partial charge in [-0.25, -0.2) is 19.6 Å². The maximum Gasteiger partial charge on any atom is 0.156 e. The lowest BCUT2D eigenvalue weighted by molar-refractivity contribution is 0.274. The predicted octanol–water partition coefficient (Wildman–Crippen LogP) is 4.18. The maximum absolute atomic E-state index is 5.07. The molecular formula is C24H32N6. The molecule has 3 heterocycles. The zero-order valence-electron chi connectivity index (χ0n) is 18.3. The number of aromatic nitrogens is 5. The summed E-state index contributed by atoms with van der Waals surface area (Å²) in [5.74, 6) is 2.53. The number of hydrogen-bond acceptors (Lipinski definition) is 5. The first kappa shape index (κ1) is 20.7. The number of rotatable bonds is 5. The van der Waals surface area contributed by atoms with Crippen LogP contribution < -0.4 is 0 Å². The van der Waals surface area contributed by atoms with Gasteiger partial charge in [-0.05, 0) is 37.9 Å². The Labute approximate surface area is 179 Å². The topological polar surface area (TPSA) is 59.7 Å². The van der Waals surface area contributed by atoms with E-state index in [0.717, 1.165) is 50.7 Å². The minimum absolute atomic E-state index is 0.0548. The normalized spacial score (nSPS) is 18.3. The van der Waals surface area contributed by atoms with E-state index in [2.05, 4.69) is 70.7 Å². The van der Waals surface area contributed by atoms with Crippen molar-refractivity contribution in [2.75, 3.05) is 13.1 Å². The fraction of sp³-hybridized carbons (Fsp3) is 0.500. The van der Waals surface area contributed by atoms with E-state index >= 15 is 0 Å². The van der Waals surface area contributed by atoms with Crippen molar-refractivity contribution in [2.45, 2.75) is 64.5 Å². The molecule has 1 atom stereocenters. The van der Waals surface area contributed by atoms with Gasteiger partial charge in [0.05, 0.1) is 6.54 Å². The highest BCUT2D eigenvalue weighted by molar-refractivity contribution is 5.17. The van der Waals surface area contributed by atoms with Gasteiger partial charge in [0.1, 0.15) is 12.2 Å². The summed E-state index contributed by atoms with van der Waals surface area (Å²) in [5.41, 5.74) is 2.39. The number of benzene rings is 1. The van der Waals surface area contributed by atoms with Gasteiger partial charge in [-0.15, -0.1) is 0 Å². The average Bonchev–Trinajstić information content (AvgIpc) is 3.02. The summed E-state index contributed by atoms with van der Waals surface area (Å²) >= 11 is 0. The lowest BCUT2D eigenvalue weighted by atomic mass is 9.95. The van der Waals surface area contributed by atoms with E-state index in [1.165, 1.54) is 17.5 Å². The smallest absolute Gasteiger partial charge is 0.156 e. The van der Waals surface area contributed by atoms with Crippen LogP contribution in [0.4, 0.5) is 0 Å². The fourth-order valence-electron chi connectivity index (χ4n) is 4.09. The standard InChI is InChI=1S/C24H32N6/c1-24(2,3)23-27-22(30(28-23)17-19-8-5-4-6-9-19)21-10-7-12-29(13-11-21)16-20-14-25-18-26-15-20/h4-6,8-9,14-15,18,21H,7,10-13,16-17H2,1-3H3. The van der Waals surface area contributed by atoms with Crippen LogP contribution in [0.3, 0.4) is 0 Å². The van der Waals surface area contributed by atoms with Gasteiger partial charge in [0, 0.05) is 35.8 Å². The summed E-state index contributed by atoms with van der Waals surface area (Å²) in [7, 11) is 0. The minimum atomic E-state index is -0.0548. The highest BCUT2D eigenvalue weighted by Crippen LogP contribution is 2.30. The van der Waals surface area contributed by atoms with Gasteiger partial charge in [0.2, 0.25) is 0 Å². The van der Waals surface area contributed by atoms with Gasteiger partial charge >= 0.3 is 0 Å². The van der Waals surface area contributed by atoms with Crippen LogP contribution in [0.15, 0.2) is 49.1 Å². The van der Waals surface area contributed by atoms with E-state index in [1.54, 1.807) is 6.33 Å². The molecule has 0 N–H and O–H groups in total. The highest BCUT2D eigenvalue weighted by atomic mass is 15.4. The predicted molar refractivity (Wildman–Crippen MR) is 118 cm³/mol. The molecule has 6 nitrogen and oxygen atoms in total. The molecule has 0 spiro atoms. The third kappa shape index (κ3) is 5.11. The summed E-state index contributed by atoms with van der Waals surface area (Å²) in [6.45, 7) is 10.4. The zero-order valence-corrected chi connectivity index (χ0v) is 18.3. The number of nitrogens with zero attached hydrogens (tertiary/aromatic N) is 6. The van der Waals surface area contributed by atoms with Crippen molar-refractivity contribution in [3.8, 4) is 0 Å². The molecule has 3 aromatic rings. The molecule has 0 amide bonds. The van der Waals surface area contributed by atoms with Crippen molar-refractivity contribution in [1.29, 1.82) is 0 Å². The molecule has 1 aliphatic heterocycles. The van der Waals surface area contributed by atoms with E-state index in [4.69, 9.17) is 10.1 Å². The second-order valence-electron chi connectivity index (χ2n) is 9.34. The van der Waals surface area contributed by atoms with Crippen LogP contribution >= 0.6 is 0 Å². The van der Waals surface area contributed by atoms with Crippen molar-refractivity contribution in [3.05, 3.63) is 71.8 Å². The van der Waals surface area contributed by atoms with Crippen LogP contribution in [-0.4, -0.2) is 42.7 Å². The average molecular weight is 405 g/mol. The van der Waals surface area contributed by atoms with E-state index < -0.39 is 0 Å². The third-order valence-electron chi connectivity index (χ3n) is 5.75. The first-order valence-corrected chi connectivity index (χ1v) is 10.9. The van der Waals surface area contributed by atoms with Crippen molar-refractivity contribution >= 4 is 0 Å². The van der Waals surface area contributed by atoms with E-state index in [0.29, 0.717) is 5.92 Å². The molecule has 6 heteroatoms. The summed E-state index contributed by atoms with van der Waals surface area (Å²) in [4.78, 5) is 15.9. The number of hydrogen-bond donors (Lipinski definition) is 0. The summed E-state index contributed by atoms with van der Waals surface area (Å²) < 4.78 is 2.15. The molecule has 1 aliphatic rings. The van der Waals surface area contributed by atoms with E-state index in [-0.39, 0.29) is 5.41 Å². The SMILES string of the molecule is CC(C)(C)c1nc(C2CCCN(Cc3cncnc3)CC2)n(Cc2ccccc2)n1. The van der Waals surface area contributed by atoms with Crippen LogP contribution in [-0.2, 0) is 18.5 Å². The Kier molecular flexibility index (Phi) is 6.23. The molecule has 0 bridgehead atoms. The zero-order chi connectivity index (χ0) is 21.0. The van der Waals surface area contributed by atoms with Crippen LogP contribution in [0, 0.1) is 0 Å². The van der Waals surface area contributed by atoms with Crippen molar-refractivity contribution in [1.82, 2.24) is 29.6 Å². The second kappa shape index (κ2) is 9.04. The van der Waals surface area contributed by atoms with Crippen molar-refractivity contribution in [3.63, 3.8) is 0 Å². The van der Waals surface area contributed by atoms with E-state index in [9.17, 15) is 0 Å². The van der Waals surface area contributed by atoms with Crippen LogP contribution in [0.5, 0.6) is 0 Å². The lowest BCUT2D eigenvalue weighted by Gasteiger charge is -2.19. The van der Waals surface area contributed by atoms with Gasteiger partial charge in [0.25, 0.3) is 0 Å². The Hall–Kier alpha value is -2.60. The molecule has 1 saturated heterocycles. The third-order valence-corrected chi connectivity index (χ3v) is 5.75. The largest absolute Gasteiger partial charge is 0.299 e. The molecule has 1 fully saturated rings. The van der Waals surface area contributed by atoms with Gasteiger partial charge in [-0.2, -0.15) is 5.10 Å². The van der Waals surface area contributed by atoms with Crippen LogP contribution in [0.2, 0.25) is 0 Å². The minimum Gasteiger partial charge on any atom is -0.299 e. The first-order chi connectivity index (χ1) is 14.5. The van der Waals surface area contributed by atoms with Gasteiger partial charge < -0.3 is 0 Å². The molecule has 0 radical (unpaired) electrons. The van der Waals surface area contributed by atoms with Crippen LogP contribution in [0.1, 0.15) is 68.7 Å². The van der Waals surface area contributed by atoms with Crippen LogP contribution in [0.25, 0.3) is 0 Å². The van der Waals surface area contributed by atoms with Crippen molar-refractivity contribution < 1.29 is 0 Å². The highest BCUT2D eigenvalue weighted by Gasteiger charge is 2.27. The Morgan fingerprint density at radius 3 is 2.43 bits per heavy atom. The summed E-state index contributed by atoms with van der Waals surface area (Å²) in [5, 5.41) is 4.94. The molecule has 0 aliphatic carbocycles. The molecule has 0 saturated carbocycles. The quantitative estimate of drug-likeness (QED) is 0.638. The second-order valence-corrected chi connectivity index (χ2v) is 9.34. The first-order valence-electron chi connectivity index (χ1n) is 10.9. The fourth-order valence-corrected chi connectivity index (χ4v) is 4.09. The van der Waals surface area contributed by atoms with E-state index in [1.807, 2.05) is 12.4 Å². The molecule has 4 rings (SSSR count). The molecule has 30 heavy (non-hydrogen) atoms. The molecular weight excluding hydrogens is 372 g/mol. The molecule has 1 aromatic carbocycles. The Bertz CT molecular complexity index is 929. The molecule has 2 aromatic heterocycles.